The van der Waals surface area contributed by atoms with Crippen LogP contribution in [0.5, 0.6) is 5.75 Å². The normalized spacial score (nSPS) is 16.7. The van der Waals surface area contributed by atoms with Crippen molar-refractivity contribution < 1.29 is 4.74 Å². The van der Waals surface area contributed by atoms with Crippen LogP contribution < -0.4 is 10.1 Å². The van der Waals surface area contributed by atoms with E-state index < -0.39 is 0 Å². The van der Waals surface area contributed by atoms with Gasteiger partial charge in [-0.15, -0.1) is 0 Å². The number of aryl methyl sites for hydroxylation is 1. The molecule has 0 bridgehead atoms. The average Bonchev–Trinajstić information content (AvgIpc) is 2.85. The molecular formula is C16H23N3O. The molecule has 1 fully saturated rings. The van der Waals surface area contributed by atoms with E-state index in [-0.39, 0.29) is 0 Å². The lowest BCUT2D eigenvalue weighted by atomic mass is 10.1. The molecule has 4 nitrogen and oxygen atoms in total. The molecule has 1 aliphatic rings. The Hall–Kier alpha value is -1.52. The van der Waals surface area contributed by atoms with Crippen LogP contribution in [0.4, 0.5) is 0 Å². The molecule has 1 saturated heterocycles. The minimum atomic E-state index is 0.938. The maximum absolute atomic E-state index is 5.38. The molecule has 1 N–H and O–H groups in total. The second-order valence-corrected chi connectivity index (χ2v) is 5.35. The summed E-state index contributed by atoms with van der Waals surface area (Å²) in [5.41, 5.74) is 2.71. The van der Waals surface area contributed by atoms with Crippen molar-refractivity contribution >= 4 is 10.9 Å². The number of benzene rings is 1. The molecule has 2 heterocycles. The van der Waals surface area contributed by atoms with Gasteiger partial charge < -0.3 is 14.6 Å². The van der Waals surface area contributed by atoms with Crippen LogP contribution >= 0.6 is 0 Å². The number of nitrogens with zero attached hydrogens (tertiary/aromatic N) is 2. The molecule has 1 aromatic carbocycles. The molecule has 3 rings (SSSR count). The van der Waals surface area contributed by atoms with Crippen molar-refractivity contribution in [3.63, 3.8) is 0 Å². The summed E-state index contributed by atoms with van der Waals surface area (Å²) in [7, 11) is 1.73. The number of aromatic nitrogens is 1. The van der Waals surface area contributed by atoms with Gasteiger partial charge >= 0.3 is 0 Å². The zero-order valence-electron chi connectivity index (χ0n) is 12.4. The number of hydrogen-bond acceptors (Lipinski definition) is 3. The molecule has 4 heteroatoms. The highest BCUT2D eigenvalue weighted by molar-refractivity contribution is 5.85. The third kappa shape index (κ3) is 2.53. The van der Waals surface area contributed by atoms with Crippen molar-refractivity contribution in [3.8, 4) is 5.75 Å². The van der Waals surface area contributed by atoms with Crippen molar-refractivity contribution in [2.45, 2.75) is 20.0 Å². The first kappa shape index (κ1) is 13.5. The molecule has 0 radical (unpaired) electrons. The molecule has 0 saturated carbocycles. The Morgan fingerprint density at radius 1 is 1.25 bits per heavy atom. The number of ether oxygens (including phenoxy) is 1. The number of nitrogens with one attached hydrogen (secondary N) is 1. The summed E-state index contributed by atoms with van der Waals surface area (Å²) in [5.74, 6) is 0.938. The monoisotopic (exact) mass is 273 g/mol. The van der Waals surface area contributed by atoms with E-state index in [1.54, 1.807) is 7.11 Å². The van der Waals surface area contributed by atoms with E-state index in [9.17, 15) is 0 Å². The molecule has 2 aromatic rings. The number of rotatable bonds is 4. The maximum atomic E-state index is 5.38. The molecule has 20 heavy (non-hydrogen) atoms. The van der Waals surface area contributed by atoms with Crippen LogP contribution in [0, 0.1) is 0 Å². The average molecular weight is 273 g/mol. The summed E-state index contributed by atoms with van der Waals surface area (Å²) in [4.78, 5) is 2.52. The second-order valence-electron chi connectivity index (χ2n) is 5.35. The Bertz CT molecular complexity index is 585. The number of fused-ring (bicyclic) bond motifs is 1. The lowest BCUT2D eigenvalue weighted by Crippen LogP contribution is -2.42. The highest BCUT2D eigenvalue weighted by Gasteiger charge is 2.14. The summed E-state index contributed by atoms with van der Waals surface area (Å²) >= 11 is 0. The van der Waals surface area contributed by atoms with E-state index in [0.29, 0.717) is 0 Å². The van der Waals surface area contributed by atoms with Gasteiger partial charge in [0.05, 0.1) is 7.11 Å². The Kier molecular flexibility index (Phi) is 3.94. The fraction of sp³-hybridized carbons (Fsp3) is 0.500. The van der Waals surface area contributed by atoms with Crippen LogP contribution in [0.3, 0.4) is 0 Å². The van der Waals surface area contributed by atoms with Gasteiger partial charge in [-0.3, -0.25) is 4.90 Å². The van der Waals surface area contributed by atoms with E-state index in [4.69, 9.17) is 4.74 Å². The predicted molar refractivity (Wildman–Crippen MR) is 82.3 cm³/mol. The Morgan fingerprint density at radius 3 is 2.75 bits per heavy atom. The lowest BCUT2D eigenvalue weighted by molar-refractivity contribution is 0.234. The first-order valence-electron chi connectivity index (χ1n) is 7.40. The first-order chi connectivity index (χ1) is 9.81. The lowest BCUT2D eigenvalue weighted by Gasteiger charge is -2.26. The summed E-state index contributed by atoms with van der Waals surface area (Å²) in [6, 6.07) is 6.38. The van der Waals surface area contributed by atoms with Crippen LogP contribution in [0.25, 0.3) is 10.9 Å². The fourth-order valence-corrected chi connectivity index (χ4v) is 2.97. The van der Waals surface area contributed by atoms with Gasteiger partial charge in [-0.05, 0) is 30.7 Å². The molecule has 0 amide bonds. The van der Waals surface area contributed by atoms with Crippen LogP contribution in [-0.2, 0) is 13.1 Å². The van der Waals surface area contributed by atoms with Gasteiger partial charge in [0.15, 0.2) is 0 Å². The maximum Gasteiger partial charge on any atom is 0.119 e. The molecule has 1 aromatic heterocycles. The molecule has 0 unspecified atom stereocenters. The third-order valence-electron chi connectivity index (χ3n) is 4.12. The molecule has 1 aliphatic heterocycles. The quantitative estimate of drug-likeness (QED) is 0.925. The summed E-state index contributed by atoms with van der Waals surface area (Å²) in [6.07, 6.45) is 2.30. The van der Waals surface area contributed by atoms with Crippen molar-refractivity contribution in [1.29, 1.82) is 0 Å². The minimum absolute atomic E-state index is 0.938. The molecule has 0 spiro atoms. The second kappa shape index (κ2) is 5.85. The van der Waals surface area contributed by atoms with Gasteiger partial charge in [0.1, 0.15) is 5.75 Å². The Labute approximate surface area is 120 Å². The SMILES string of the molecule is CCn1cc(CN2CCNCC2)c2cc(OC)ccc21. The molecule has 108 valence electrons. The molecule has 0 aliphatic carbocycles. The third-order valence-corrected chi connectivity index (χ3v) is 4.12. The van der Waals surface area contributed by atoms with Crippen LogP contribution in [0.15, 0.2) is 24.4 Å². The highest BCUT2D eigenvalue weighted by atomic mass is 16.5. The van der Waals surface area contributed by atoms with Crippen molar-refractivity contribution in [2.24, 2.45) is 0 Å². The van der Waals surface area contributed by atoms with Crippen molar-refractivity contribution in [3.05, 3.63) is 30.0 Å². The summed E-state index contributed by atoms with van der Waals surface area (Å²) < 4.78 is 7.70. The van der Waals surface area contributed by atoms with Gasteiger partial charge in [-0.2, -0.15) is 0 Å². The van der Waals surface area contributed by atoms with Crippen molar-refractivity contribution in [1.82, 2.24) is 14.8 Å². The van der Waals surface area contributed by atoms with Gasteiger partial charge in [0.25, 0.3) is 0 Å². The Balaban J connectivity index is 1.95. The van der Waals surface area contributed by atoms with Crippen molar-refractivity contribution in [2.75, 3.05) is 33.3 Å². The summed E-state index contributed by atoms with van der Waals surface area (Å²) in [6.45, 7) is 8.66. The molecule has 0 atom stereocenters. The number of methoxy groups -OCH3 is 1. The van der Waals surface area contributed by atoms with E-state index in [1.165, 1.54) is 16.5 Å². The van der Waals surface area contributed by atoms with Crippen LogP contribution in [0.2, 0.25) is 0 Å². The minimum Gasteiger partial charge on any atom is -0.497 e. The van der Waals surface area contributed by atoms with E-state index >= 15 is 0 Å². The zero-order valence-corrected chi connectivity index (χ0v) is 12.4. The first-order valence-corrected chi connectivity index (χ1v) is 7.40. The van der Waals surface area contributed by atoms with Crippen LogP contribution in [0.1, 0.15) is 12.5 Å². The zero-order chi connectivity index (χ0) is 13.9. The summed E-state index contributed by atoms with van der Waals surface area (Å²) in [5, 5.41) is 4.73. The topological polar surface area (TPSA) is 29.4 Å². The molecular weight excluding hydrogens is 250 g/mol. The van der Waals surface area contributed by atoms with E-state index in [2.05, 4.69) is 40.0 Å². The predicted octanol–water partition coefficient (Wildman–Crippen LogP) is 2.07. The fourth-order valence-electron chi connectivity index (χ4n) is 2.97. The van der Waals surface area contributed by atoms with E-state index in [0.717, 1.165) is 45.0 Å². The van der Waals surface area contributed by atoms with Gasteiger partial charge in [-0.25, -0.2) is 0 Å². The van der Waals surface area contributed by atoms with E-state index in [1.807, 2.05) is 6.07 Å². The van der Waals surface area contributed by atoms with Crippen LogP contribution in [-0.4, -0.2) is 42.8 Å². The largest absolute Gasteiger partial charge is 0.497 e. The van der Waals surface area contributed by atoms with Gasteiger partial charge in [0, 0.05) is 56.4 Å². The standard InChI is InChI=1S/C16H23N3O/c1-3-19-12-13(11-18-8-6-17-7-9-18)15-10-14(20-2)4-5-16(15)19/h4-5,10,12,17H,3,6-9,11H2,1-2H3. The van der Waals surface area contributed by atoms with Gasteiger partial charge in [0.2, 0.25) is 0 Å². The smallest absolute Gasteiger partial charge is 0.119 e. The highest BCUT2D eigenvalue weighted by Crippen LogP contribution is 2.27. The van der Waals surface area contributed by atoms with Gasteiger partial charge in [-0.1, -0.05) is 0 Å². The number of piperazine rings is 1. The number of hydrogen-bond donors (Lipinski definition) is 1. The Morgan fingerprint density at radius 2 is 2.05 bits per heavy atom.